The van der Waals surface area contributed by atoms with Crippen molar-refractivity contribution < 1.29 is 37.0 Å². The first kappa shape index (κ1) is 32.4. The van der Waals surface area contributed by atoms with Crippen LogP contribution in [0.1, 0.15) is 10.4 Å². The third kappa shape index (κ3) is 8.21. The van der Waals surface area contributed by atoms with E-state index in [1.165, 1.54) is 6.33 Å². The van der Waals surface area contributed by atoms with E-state index in [0.717, 1.165) is 44.6 Å². The lowest BCUT2D eigenvalue weighted by Gasteiger charge is -2.10. The Kier molecular flexibility index (Phi) is 9.96. The third-order valence-corrected chi connectivity index (χ3v) is 6.79. The lowest BCUT2D eigenvalue weighted by atomic mass is 10.1. The number of alkyl halides is 3. The van der Waals surface area contributed by atoms with Gasteiger partial charge in [0.05, 0.1) is 12.3 Å². The van der Waals surface area contributed by atoms with Crippen LogP contribution in [0.25, 0.3) is 33.2 Å². The molecule has 2 aromatic heterocycles. The van der Waals surface area contributed by atoms with Gasteiger partial charge in [0.2, 0.25) is 0 Å². The lowest BCUT2D eigenvalue weighted by Crippen LogP contribution is -2.21. The number of nitrogens with zero attached hydrogens (tertiary/aromatic N) is 2. The number of fused-ring (bicyclic) bond motifs is 3. The van der Waals surface area contributed by atoms with Gasteiger partial charge in [0.15, 0.2) is 0 Å². The van der Waals surface area contributed by atoms with E-state index in [1.54, 1.807) is 19.2 Å². The topological polar surface area (TPSA) is 139 Å². The normalized spacial score (nSPS) is 11.1. The zero-order chi connectivity index (χ0) is 33.4. The number of para-hydroxylation sites is 2. The number of carboxylic acid groups (broad SMARTS) is 1. The van der Waals surface area contributed by atoms with Crippen LogP contribution in [-0.2, 0) is 9.53 Å². The first-order valence-corrected chi connectivity index (χ1v) is 14.2. The van der Waals surface area contributed by atoms with Crippen LogP contribution in [0.15, 0.2) is 108 Å². The van der Waals surface area contributed by atoms with E-state index in [-0.39, 0.29) is 5.91 Å². The van der Waals surface area contributed by atoms with Crippen molar-refractivity contribution >= 4 is 56.7 Å². The molecule has 240 valence electrons. The van der Waals surface area contributed by atoms with Gasteiger partial charge in [0.25, 0.3) is 5.91 Å². The van der Waals surface area contributed by atoms with E-state index in [9.17, 15) is 18.0 Å². The molecule has 0 saturated heterocycles. The van der Waals surface area contributed by atoms with Crippen molar-refractivity contribution in [3.8, 4) is 11.3 Å². The number of furan rings is 1. The molecule has 0 saturated carbocycles. The minimum Gasteiger partial charge on any atom is -0.475 e. The molecule has 2 heterocycles. The maximum atomic E-state index is 12.7. The summed E-state index contributed by atoms with van der Waals surface area (Å²) in [5, 5.41) is 18.7. The van der Waals surface area contributed by atoms with Gasteiger partial charge in [-0.1, -0.05) is 30.3 Å². The van der Waals surface area contributed by atoms with Crippen LogP contribution >= 0.6 is 0 Å². The standard InChI is InChI=1S/C32H27N5O3.C2HF3O2/c1-39-18-17-33-22-11-9-21(10-12-22)32(38)37-24-15-13-23(14-16-24)36-30-19-28(34-20-35-30)27-7-4-6-26-25-5-2-3-8-29(25)40-31(26)27;3-2(4,5)1(6)7/h2-16,19-20,33H,17-18H2,1H3,(H,37,38)(H,34,35,36);(H,6,7). The Bertz CT molecular complexity index is 2000. The van der Waals surface area contributed by atoms with E-state index in [0.29, 0.717) is 30.2 Å². The molecule has 0 radical (unpaired) electrons. The van der Waals surface area contributed by atoms with Crippen LogP contribution in [0.2, 0.25) is 0 Å². The van der Waals surface area contributed by atoms with Crippen LogP contribution in [0.5, 0.6) is 0 Å². The third-order valence-electron chi connectivity index (χ3n) is 6.79. The maximum Gasteiger partial charge on any atom is 0.490 e. The first-order valence-electron chi connectivity index (χ1n) is 14.2. The Morgan fingerprint density at radius 1 is 0.851 bits per heavy atom. The summed E-state index contributed by atoms with van der Waals surface area (Å²) >= 11 is 0. The number of anilines is 4. The molecule has 0 bridgehead atoms. The van der Waals surface area contributed by atoms with E-state index in [1.807, 2.05) is 72.8 Å². The molecule has 0 atom stereocenters. The monoisotopic (exact) mass is 643 g/mol. The van der Waals surface area contributed by atoms with E-state index in [4.69, 9.17) is 19.1 Å². The minimum atomic E-state index is -5.08. The fourth-order valence-corrected chi connectivity index (χ4v) is 4.55. The number of nitrogens with one attached hydrogen (secondary N) is 3. The second kappa shape index (κ2) is 14.4. The number of rotatable bonds is 9. The predicted molar refractivity (Wildman–Crippen MR) is 173 cm³/mol. The van der Waals surface area contributed by atoms with Crippen molar-refractivity contribution in [3.05, 3.63) is 109 Å². The van der Waals surface area contributed by atoms with Gasteiger partial charge in [-0.05, 0) is 60.7 Å². The zero-order valence-electron chi connectivity index (χ0n) is 24.8. The second-order valence-corrected chi connectivity index (χ2v) is 10.0. The van der Waals surface area contributed by atoms with Crippen LogP contribution in [0.3, 0.4) is 0 Å². The predicted octanol–water partition coefficient (Wildman–Crippen LogP) is 7.73. The highest BCUT2D eigenvalue weighted by molar-refractivity contribution is 6.09. The molecular formula is C34H28F3N5O5. The number of halogens is 3. The zero-order valence-corrected chi connectivity index (χ0v) is 24.8. The summed E-state index contributed by atoms with van der Waals surface area (Å²) in [4.78, 5) is 30.5. The summed E-state index contributed by atoms with van der Waals surface area (Å²) in [5.41, 5.74) is 6.33. The van der Waals surface area contributed by atoms with Gasteiger partial charge >= 0.3 is 12.1 Å². The largest absolute Gasteiger partial charge is 0.490 e. The van der Waals surface area contributed by atoms with E-state index in [2.05, 4.69) is 38.1 Å². The molecule has 47 heavy (non-hydrogen) atoms. The van der Waals surface area contributed by atoms with Crippen LogP contribution in [-0.4, -0.2) is 53.4 Å². The number of aliphatic carboxylic acids is 1. The number of carbonyl (C=O) groups excluding carboxylic acids is 1. The number of carbonyl (C=O) groups is 2. The maximum absolute atomic E-state index is 12.7. The number of aromatic nitrogens is 2. The summed E-state index contributed by atoms with van der Waals surface area (Å²) < 4.78 is 43.0. The highest BCUT2D eigenvalue weighted by atomic mass is 19.4. The molecule has 6 rings (SSSR count). The summed E-state index contributed by atoms with van der Waals surface area (Å²) in [6.07, 6.45) is -3.55. The molecule has 0 aliphatic rings. The summed E-state index contributed by atoms with van der Waals surface area (Å²) in [6.45, 7) is 1.32. The van der Waals surface area contributed by atoms with Crippen molar-refractivity contribution in [2.75, 3.05) is 36.2 Å². The first-order chi connectivity index (χ1) is 22.6. The molecule has 4 N–H and O–H groups in total. The SMILES string of the molecule is COCCNc1ccc(C(=O)Nc2ccc(Nc3cc(-c4cccc5c4oc4ccccc45)ncn3)cc2)cc1.O=C(O)C(F)(F)F. The van der Waals surface area contributed by atoms with Crippen LogP contribution in [0, 0.1) is 0 Å². The smallest absolute Gasteiger partial charge is 0.475 e. The fourth-order valence-electron chi connectivity index (χ4n) is 4.55. The Morgan fingerprint density at radius 2 is 1.51 bits per heavy atom. The summed E-state index contributed by atoms with van der Waals surface area (Å²) in [7, 11) is 1.66. The number of carboxylic acids is 1. The van der Waals surface area contributed by atoms with Crippen molar-refractivity contribution in [2.45, 2.75) is 6.18 Å². The summed E-state index contributed by atoms with van der Waals surface area (Å²) in [5.74, 6) is -2.29. The molecule has 6 aromatic rings. The van der Waals surface area contributed by atoms with Gasteiger partial charge in [0, 0.05) is 58.7 Å². The average Bonchev–Trinajstić information content (AvgIpc) is 3.45. The van der Waals surface area contributed by atoms with Gasteiger partial charge in [-0.2, -0.15) is 13.2 Å². The quantitative estimate of drug-likeness (QED) is 0.117. The van der Waals surface area contributed by atoms with Crippen LogP contribution in [0.4, 0.5) is 36.1 Å². The minimum absolute atomic E-state index is 0.177. The number of methoxy groups -OCH3 is 1. The number of hydrogen-bond donors (Lipinski definition) is 4. The molecule has 10 nitrogen and oxygen atoms in total. The van der Waals surface area contributed by atoms with Gasteiger partial charge < -0.3 is 30.2 Å². The Labute approximate surface area is 266 Å². The number of benzene rings is 4. The Morgan fingerprint density at radius 3 is 2.21 bits per heavy atom. The number of ether oxygens (including phenoxy) is 1. The average molecular weight is 644 g/mol. The van der Waals surface area contributed by atoms with Crippen molar-refractivity contribution in [2.24, 2.45) is 0 Å². The van der Waals surface area contributed by atoms with Crippen molar-refractivity contribution in [1.29, 1.82) is 0 Å². The van der Waals surface area contributed by atoms with Gasteiger partial charge in [0.1, 0.15) is 23.3 Å². The van der Waals surface area contributed by atoms with Crippen molar-refractivity contribution in [3.63, 3.8) is 0 Å². The van der Waals surface area contributed by atoms with Gasteiger partial charge in [-0.25, -0.2) is 14.8 Å². The van der Waals surface area contributed by atoms with Crippen LogP contribution < -0.4 is 16.0 Å². The fraction of sp³-hybridized carbons (Fsp3) is 0.118. The van der Waals surface area contributed by atoms with Gasteiger partial charge in [-0.3, -0.25) is 4.79 Å². The highest BCUT2D eigenvalue weighted by Crippen LogP contribution is 2.35. The Balaban J connectivity index is 0.000000559. The van der Waals surface area contributed by atoms with Gasteiger partial charge in [-0.15, -0.1) is 0 Å². The second-order valence-electron chi connectivity index (χ2n) is 10.0. The molecule has 0 aliphatic carbocycles. The highest BCUT2D eigenvalue weighted by Gasteiger charge is 2.38. The molecule has 0 aliphatic heterocycles. The molecule has 1 amide bonds. The van der Waals surface area contributed by atoms with Crippen molar-refractivity contribution in [1.82, 2.24) is 9.97 Å². The van der Waals surface area contributed by atoms with E-state index < -0.39 is 12.1 Å². The van der Waals surface area contributed by atoms with E-state index >= 15 is 0 Å². The number of hydrogen-bond acceptors (Lipinski definition) is 8. The molecule has 0 spiro atoms. The lowest BCUT2D eigenvalue weighted by molar-refractivity contribution is -0.192. The Hall–Kier alpha value is -5.95. The summed E-state index contributed by atoms with van der Waals surface area (Å²) in [6, 6.07) is 30.8. The molecule has 13 heteroatoms. The number of amides is 1. The molecule has 4 aromatic carbocycles. The molecular weight excluding hydrogens is 615 g/mol. The molecule has 0 fully saturated rings. The molecule has 0 unspecified atom stereocenters.